The molecule has 2 saturated carbocycles. The van der Waals surface area contributed by atoms with Crippen molar-refractivity contribution in [3.8, 4) is 0 Å². The van der Waals surface area contributed by atoms with Gasteiger partial charge in [0, 0.05) is 12.2 Å². The highest BCUT2D eigenvalue weighted by Crippen LogP contribution is 2.34. The van der Waals surface area contributed by atoms with Crippen LogP contribution in [0.3, 0.4) is 0 Å². The fourth-order valence-corrected chi connectivity index (χ4v) is 4.39. The minimum atomic E-state index is 0.669. The van der Waals surface area contributed by atoms with Gasteiger partial charge in [-0.1, -0.05) is 33.1 Å². The van der Waals surface area contributed by atoms with Gasteiger partial charge in [0.1, 0.15) is 0 Å². The van der Waals surface area contributed by atoms with Crippen LogP contribution in [-0.4, -0.2) is 22.4 Å². The second-order valence-corrected chi connectivity index (χ2v) is 7.14. The molecule has 0 spiro atoms. The lowest BCUT2D eigenvalue weighted by Crippen LogP contribution is -2.32. The summed E-state index contributed by atoms with van der Waals surface area (Å²) in [5, 5.41) is 8.54. The molecule has 1 N–H and O–H groups in total. The van der Waals surface area contributed by atoms with Crippen LogP contribution < -0.4 is 5.32 Å². The van der Waals surface area contributed by atoms with Crippen molar-refractivity contribution in [3.63, 3.8) is 0 Å². The van der Waals surface area contributed by atoms with Crippen LogP contribution in [0.5, 0.6) is 0 Å². The first-order valence-electron chi connectivity index (χ1n) is 9.05. The van der Waals surface area contributed by atoms with Gasteiger partial charge in [0.25, 0.3) is 0 Å². The molecule has 3 atom stereocenters. The lowest BCUT2D eigenvalue weighted by atomic mass is 9.91. The van der Waals surface area contributed by atoms with E-state index < -0.39 is 0 Å². The normalized spacial score (nSPS) is 30.9. The summed E-state index contributed by atoms with van der Waals surface area (Å²) in [6, 6.07) is 3.66. The molecule has 1 aromatic heterocycles. The fourth-order valence-electron chi connectivity index (χ4n) is 4.39. The molecule has 1 heterocycles. The van der Waals surface area contributed by atoms with Crippen LogP contribution in [-0.2, 0) is 6.42 Å². The summed E-state index contributed by atoms with van der Waals surface area (Å²) >= 11 is 0. The van der Waals surface area contributed by atoms with Crippen molar-refractivity contribution < 1.29 is 0 Å². The van der Waals surface area contributed by atoms with E-state index in [1.165, 1.54) is 57.1 Å². The Hall–Kier alpha value is -0.830. The molecule has 0 radical (unpaired) electrons. The second-order valence-electron chi connectivity index (χ2n) is 7.14. The minimum absolute atomic E-state index is 0.669. The third-order valence-electron chi connectivity index (χ3n) is 5.78. The highest BCUT2D eigenvalue weighted by Gasteiger charge is 2.32. The lowest BCUT2D eigenvalue weighted by Gasteiger charge is -2.22. The van der Waals surface area contributed by atoms with E-state index in [-0.39, 0.29) is 0 Å². The average molecular weight is 289 g/mol. The molecule has 0 bridgehead atoms. The van der Waals surface area contributed by atoms with Crippen LogP contribution in [0.25, 0.3) is 0 Å². The van der Waals surface area contributed by atoms with Gasteiger partial charge >= 0.3 is 0 Å². The topological polar surface area (TPSA) is 29.9 Å². The van der Waals surface area contributed by atoms with Crippen molar-refractivity contribution in [2.24, 2.45) is 11.8 Å². The van der Waals surface area contributed by atoms with Gasteiger partial charge in [-0.25, -0.2) is 0 Å². The molecule has 3 nitrogen and oxygen atoms in total. The van der Waals surface area contributed by atoms with Crippen LogP contribution in [0.2, 0.25) is 0 Å². The maximum atomic E-state index is 4.90. The average Bonchev–Trinajstić information content (AvgIpc) is 3.11. The Kier molecular flexibility index (Phi) is 4.99. The summed E-state index contributed by atoms with van der Waals surface area (Å²) in [5.74, 6) is 1.59. The number of aromatic nitrogens is 2. The van der Waals surface area contributed by atoms with E-state index in [1.54, 1.807) is 0 Å². The SMILES string of the molecule is CCNC1CCC(Cc2ccn(C3CCCCC3)n2)C1C. The molecule has 3 heteroatoms. The molecule has 2 aliphatic rings. The predicted molar refractivity (Wildman–Crippen MR) is 87.4 cm³/mol. The predicted octanol–water partition coefficient (Wildman–Crippen LogP) is 3.96. The van der Waals surface area contributed by atoms with Gasteiger partial charge in [-0.15, -0.1) is 0 Å². The molecule has 21 heavy (non-hydrogen) atoms. The first kappa shape index (κ1) is 15.1. The maximum Gasteiger partial charge on any atom is 0.0627 e. The third kappa shape index (κ3) is 3.50. The summed E-state index contributed by atoms with van der Waals surface area (Å²) in [5.41, 5.74) is 1.31. The number of nitrogens with zero attached hydrogens (tertiary/aromatic N) is 2. The first-order chi connectivity index (χ1) is 10.3. The van der Waals surface area contributed by atoms with E-state index in [4.69, 9.17) is 5.10 Å². The molecule has 2 fully saturated rings. The Bertz CT molecular complexity index is 433. The van der Waals surface area contributed by atoms with E-state index >= 15 is 0 Å². The number of nitrogens with one attached hydrogen (secondary N) is 1. The fraction of sp³-hybridized carbons (Fsp3) is 0.833. The molecule has 0 aliphatic heterocycles. The Morgan fingerprint density at radius 3 is 2.76 bits per heavy atom. The maximum absolute atomic E-state index is 4.90. The van der Waals surface area contributed by atoms with E-state index in [0.717, 1.165) is 24.4 Å². The molecule has 1 aromatic rings. The molecule has 2 aliphatic carbocycles. The quantitative estimate of drug-likeness (QED) is 0.889. The number of hydrogen-bond donors (Lipinski definition) is 1. The van der Waals surface area contributed by atoms with Crippen LogP contribution in [0.15, 0.2) is 12.3 Å². The van der Waals surface area contributed by atoms with Gasteiger partial charge in [0.15, 0.2) is 0 Å². The van der Waals surface area contributed by atoms with Crippen LogP contribution in [0.4, 0.5) is 0 Å². The summed E-state index contributed by atoms with van der Waals surface area (Å²) in [6.45, 7) is 5.73. The Balaban J connectivity index is 1.57. The summed E-state index contributed by atoms with van der Waals surface area (Å²) in [7, 11) is 0. The molecule has 0 saturated heterocycles. The highest BCUT2D eigenvalue weighted by atomic mass is 15.3. The van der Waals surface area contributed by atoms with Crippen LogP contribution >= 0.6 is 0 Å². The lowest BCUT2D eigenvalue weighted by molar-refractivity contribution is 0.323. The van der Waals surface area contributed by atoms with E-state index in [0.29, 0.717) is 6.04 Å². The van der Waals surface area contributed by atoms with E-state index in [2.05, 4.69) is 36.1 Å². The molecule has 3 unspecified atom stereocenters. The monoisotopic (exact) mass is 289 g/mol. The van der Waals surface area contributed by atoms with Gasteiger partial charge in [-0.05, 0) is 56.6 Å². The molecule has 0 amide bonds. The molecular formula is C18H31N3. The van der Waals surface area contributed by atoms with Gasteiger partial charge < -0.3 is 5.32 Å². The van der Waals surface area contributed by atoms with Crippen molar-refractivity contribution in [2.75, 3.05) is 6.54 Å². The van der Waals surface area contributed by atoms with Gasteiger partial charge in [0.05, 0.1) is 11.7 Å². The second kappa shape index (κ2) is 6.95. The molecular weight excluding hydrogens is 258 g/mol. The first-order valence-corrected chi connectivity index (χ1v) is 9.05. The van der Waals surface area contributed by atoms with Crippen molar-refractivity contribution in [2.45, 2.75) is 77.3 Å². The molecule has 3 rings (SSSR count). The zero-order valence-corrected chi connectivity index (χ0v) is 13.7. The van der Waals surface area contributed by atoms with Crippen molar-refractivity contribution in [1.82, 2.24) is 15.1 Å². The van der Waals surface area contributed by atoms with Crippen LogP contribution in [0.1, 0.15) is 70.5 Å². The van der Waals surface area contributed by atoms with Crippen LogP contribution in [0, 0.1) is 11.8 Å². The van der Waals surface area contributed by atoms with E-state index in [9.17, 15) is 0 Å². The largest absolute Gasteiger partial charge is 0.314 e. The summed E-state index contributed by atoms with van der Waals surface area (Å²) < 4.78 is 2.26. The number of hydrogen-bond acceptors (Lipinski definition) is 2. The Labute approximate surface area is 129 Å². The Morgan fingerprint density at radius 1 is 1.19 bits per heavy atom. The van der Waals surface area contributed by atoms with Gasteiger partial charge in [-0.2, -0.15) is 5.10 Å². The van der Waals surface area contributed by atoms with Crippen molar-refractivity contribution >= 4 is 0 Å². The van der Waals surface area contributed by atoms with Gasteiger partial charge in [-0.3, -0.25) is 4.68 Å². The zero-order valence-electron chi connectivity index (χ0n) is 13.7. The van der Waals surface area contributed by atoms with Crippen molar-refractivity contribution in [3.05, 3.63) is 18.0 Å². The Morgan fingerprint density at radius 2 is 2.00 bits per heavy atom. The highest BCUT2D eigenvalue weighted by molar-refractivity contribution is 5.03. The van der Waals surface area contributed by atoms with Gasteiger partial charge in [0.2, 0.25) is 0 Å². The third-order valence-corrected chi connectivity index (χ3v) is 5.78. The minimum Gasteiger partial charge on any atom is -0.314 e. The smallest absolute Gasteiger partial charge is 0.0627 e. The summed E-state index contributed by atoms with van der Waals surface area (Å²) in [6.07, 6.45) is 12.9. The number of rotatable bonds is 5. The standard InChI is InChI=1S/C18H31N3/c1-3-19-18-10-9-15(14(18)2)13-16-11-12-21(20-16)17-7-5-4-6-8-17/h11-12,14-15,17-19H,3-10,13H2,1-2H3. The van der Waals surface area contributed by atoms with Crippen molar-refractivity contribution in [1.29, 1.82) is 0 Å². The van der Waals surface area contributed by atoms with E-state index in [1.807, 2.05) is 0 Å². The molecule has 0 aromatic carbocycles. The zero-order chi connectivity index (χ0) is 14.7. The summed E-state index contributed by atoms with van der Waals surface area (Å²) in [4.78, 5) is 0. The molecule has 118 valence electrons.